The van der Waals surface area contributed by atoms with E-state index in [4.69, 9.17) is 0 Å². The van der Waals surface area contributed by atoms with Gasteiger partial charge in [0.1, 0.15) is 0 Å². The summed E-state index contributed by atoms with van der Waals surface area (Å²) in [7, 11) is 1.86. The fourth-order valence-electron chi connectivity index (χ4n) is 1.70. The zero-order valence-corrected chi connectivity index (χ0v) is 7.35. The van der Waals surface area contributed by atoms with E-state index in [1.54, 1.807) is 0 Å². The predicted molar refractivity (Wildman–Crippen MR) is 45.6 cm³/mol. The third kappa shape index (κ3) is 2.15. The van der Waals surface area contributed by atoms with Crippen molar-refractivity contribution in [2.24, 2.45) is 0 Å². The van der Waals surface area contributed by atoms with Gasteiger partial charge in [-0.05, 0) is 33.4 Å². The first kappa shape index (κ1) is 8.97. The first-order valence-corrected chi connectivity index (χ1v) is 4.27. The highest BCUT2D eigenvalue weighted by molar-refractivity contribution is 4.92. The highest BCUT2D eigenvalue weighted by atomic mass is 16.3. The summed E-state index contributed by atoms with van der Waals surface area (Å²) in [5.74, 6) is 0. The van der Waals surface area contributed by atoms with E-state index in [1.165, 1.54) is 6.42 Å². The lowest BCUT2D eigenvalue weighted by molar-refractivity contribution is 0.0281. The first-order valence-electron chi connectivity index (χ1n) is 4.27. The van der Waals surface area contributed by atoms with Crippen LogP contribution >= 0.6 is 0 Å². The molecule has 1 heterocycles. The Morgan fingerprint density at radius 1 is 1.73 bits per heavy atom. The second-order valence-electron chi connectivity index (χ2n) is 3.54. The molecule has 0 radical (unpaired) electrons. The fourth-order valence-corrected chi connectivity index (χ4v) is 1.70. The number of nitrogens with one attached hydrogen (secondary N) is 2. The molecule has 3 nitrogen and oxygen atoms in total. The number of likely N-dealkylation sites (N-methyl/N-ethyl adjacent to an activating group) is 1. The molecule has 66 valence electrons. The van der Waals surface area contributed by atoms with Crippen LogP contribution < -0.4 is 10.6 Å². The van der Waals surface area contributed by atoms with Crippen LogP contribution in [-0.4, -0.2) is 36.9 Å². The Kier molecular flexibility index (Phi) is 2.87. The van der Waals surface area contributed by atoms with E-state index in [0.717, 1.165) is 13.0 Å². The van der Waals surface area contributed by atoms with E-state index in [9.17, 15) is 5.11 Å². The average molecular weight is 158 g/mol. The first-order chi connectivity index (χ1) is 5.17. The minimum absolute atomic E-state index is 0.273. The summed E-state index contributed by atoms with van der Waals surface area (Å²) in [5.41, 5.74) is -0.592. The topological polar surface area (TPSA) is 44.3 Å². The van der Waals surface area contributed by atoms with Gasteiger partial charge in [-0.15, -0.1) is 0 Å². The minimum Gasteiger partial charge on any atom is -0.387 e. The Morgan fingerprint density at radius 2 is 2.45 bits per heavy atom. The largest absolute Gasteiger partial charge is 0.387 e. The van der Waals surface area contributed by atoms with Gasteiger partial charge < -0.3 is 15.7 Å². The molecule has 0 amide bonds. The van der Waals surface area contributed by atoms with Crippen LogP contribution in [0.15, 0.2) is 0 Å². The van der Waals surface area contributed by atoms with Crippen molar-refractivity contribution in [2.45, 2.75) is 31.4 Å². The van der Waals surface area contributed by atoms with Gasteiger partial charge in [-0.25, -0.2) is 0 Å². The quantitative estimate of drug-likeness (QED) is 0.529. The summed E-state index contributed by atoms with van der Waals surface area (Å²) in [6.45, 7) is 3.59. The number of hydrogen-bond acceptors (Lipinski definition) is 3. The van der Waals surface area contributed by atoms with Crippen LogP contribution in [-0.2, 0) is 0 Å². The van der Waals surface area contributed by atoms with Gasteiger partial charge >= 0.3 is 0 Å². The van der Waals surface area contributed by atoms with Gasteiger partial charge in [0, 0.05) is 12.6 Å². The molecule has 0 aromatic carbocycles. The van der Waals surface area contributed by atoms with Gasteiger partial charge in [0.25, 0.3) is 0 Å². The number of rotatable bonds is 3. The Morgan fingerprint density at radius 3 is 2.91 bits per heavy atom. The van der Waals surface area contributed by atoms with E-state index < -0.39 is 5.60 Å². The third-order valence-electron chi connectivity index (χ3n) is 2.35. The van der Waals surface area contributed by atoms with Crippen molar-refractivity contribution in [1.82, 2.24) is 10.6 Å². The van der Waals surface area contributed by atoms with Crippen LogP contribution in [0.4, 0.5) is 0 Å². The molecule has 1 saturated heterocycles. The highest BCUT2D eigenvalue weighted by Crippen LogP contribution is 2.17. The molecule has 3 heteroatoms. The Hall–Kier alpha value is -0.120. The number of aliphatic hydroxyl groups is 1. The van der Waals surface area contributed by atoms with Crippen molar-refractivity contribution in [3.8, 4) is 0 Å². The summed E-state index contributed by atoms with van der Waals surface area (Å²) >= 11 is 0. The lowest BCUT2D eigenvalue weighted by Crippen LogP contribution is -2.51. The van der Waals surface area contributed by atoms with Gasteiger partial charge in [0.15, 0.2) is 0 Å². The molecule has 0 aliphatic carbocycles. The smallest absolute Gasteiger partial charge is 0.0895 e. The molecule has 3 N–H and O–H groups in total. The molecule has 1 aliphatic heterocycles. The van der Waals surface area contributed by atoms with Gasteiger partial charge in [0.05, 0.1) is 5.60 Å². The standard InChI is InChI=1S/C8H18N2O/c1-8(11,6-9-2)7-4-3-5-10-7/h7,9-11H,3-6H2,1-2H3. The molecule has 0 spiro atoms. The summed E-state index contributed by atoms with van der Waals surface area (Å²) < 4.78 is 0. The van der Waals surface area contributed by atoms with E-state index in [2.05, 4.69) is 10.6 Å². The van der Waals surface area contributed by atoms with E-state index in [-0.39, 0.29) is 6.04 Å². The molecule has 0 aromatic rings. The van der Waals surface area contributed by atoms with Crippen molar-refractivity contribution in [3.05, 3.63) is 0 Å². The molecule has 2 unspecified atom stereocenters. The molecule has 1 rings (SSSR count). The Bertz CT molecular complexity index is 119. The fraction of sp³-hybridized carbons (Fsp3) is 1.00. The Balaban J connectivity index is 2.41. The molecular weight excluding hydrogens is 140 g/mol. The van der Waals surface area contributed by atoms with Crippen molar-refractivity contribution in [3.63, 3.8) is 0 Å². The van der Waals surface area contributed by atoms with E-state index in [1.807, 2.05) is 14.0 Å². The van der Waals surface area contributed by atoms with Crippen LogP contribution in [0.3, 0.4) is 0 Å². The van der Waals surface area contributed by atoms with Crippen LogP contribution in [0.25, 0.3) is 0 Å². The lowest BCUT2D eigenvalue weighted by atomic mass is 9.95. The van der Waals surface area contributed by atoms with Crippen LogP contribution in [0.5, 0.6) is 0 Å². The maximum Gasteiger partial charge on any atom is 0.0895 e. The molecule has 1 fully saturated rings. The van der Waals surface area contributed by atoms with Crippen LogP contribution in [0.1, 0.15) is 19.8 Å². The molecule has 11 heavy (non-hydrogen) atoms. The number of hydrogen-bond donors (Lipinski definition) is 3. The SMILES string of the molecule is CNCC(C)(O)C1CCCN1. The summed E-state index contributed by atoms with van der Waals surface area (Å²) in [6, 6.07) is 0.273. The predicted octanol–water partition coefficient (Wildman–Crippen LogP) is -0.291. The molecule has 0 aromatic heterocycles. The van der Waals surface area contributed by atoms with Gasteiger partial charge in [-0.2, -0.15) is 0 Å². The normalized spacial score (nSPS) is 30.3. The minimum atomic E-state index is -0.592. The van der Waals surface area contributed by atoms with Crippen molar-refractivity contribution in [2.75, 3.05) is 20.1 Å². The van der Waals surface area contributed by atoms with Gasteiger partial charge in [-0.3, -0.25) is 0 Å². The van der Waals surface area contributed by atoms with E-state index in [0.29, 0.717) is 6.54 Å². The maximum absolute atomic E-state index is 9.89. The van der Waals surface area contributed by atoms with Crippen molar-refractivity contribution >= 4 is 0 Å². The van der Waals surface area contributed by atoms with Gasteiger partial charge in [-0.1, -0.05) is 0 Å². The monoisotopic (exact) mass is 158 g/mol. The van der Waals surface area contributed by atoms with Crippen LogP contribution in [0.2, 0.25) is 0 Å². The van der Waals surface area contributed by atoms with Crippen molar-refractivity contribution in [1.29, 1.82) is 0 Å². The second-order valence-corrected chi connectivity index (χ2v) is 3.54. The molecular formula is C8H18N2O. The Labute approximate surface area is 68.2 Å². The zero-order valence-electron chi connectivity index (χ0n) is 7.35. The molecule has 2 atom stereocenters. The average Bonchev–Trinajstić information content (AvgIpc) is 2.37. The summed E-state index contributed by atoms with van der Waals surface area (Å²) in [6.07, 6.45) is 2.28. The van der Waals surface area contributed by atoms with Gasteiger partial charge in [0.2, 0.25) is 0 Å². The van der Waals surface area contributed by atoms with E-state index >= 15 is 0 Å². The van der Waals surface area contributed by atoms with Crippen molar-refractivity contribution < 1.29 is 5.11 Å². The zero-order chi connectivity index (χ0) is 8.32. The molecule has 0 saturated carbocycles. The summed E-state index contributed by atoms with van der Waals surface area (Å²) in [4.78, 5) is 0. The van der Waals surface area contributed by atoms with Crippen LogP contribution in [0, 0.1) is 0 Å². The lowest BCUT2D eigenvalue weighted by Gasteiger charge is -2.29. The molecule has 1 aliphatic rings. The highest BCUT2D eigenvalue weighted by Gasteiger charge is 2.32. The summed E-state index contributed by atoms with van der Waals surface area (Å²) in [5, 5.41) is 16.2. The third-order valence-corrected chi connectivity index (χ3v) is 2.35. The second kappa shape index (κ2) is 3.52. The molecule has 0 bridgehead atoms. The maximum atomic E-state index is 9.89.